The van der Waals surface area contributed by atoms with Crippen molar-refractivity contribution in [2.45, 2.75) is 6.04 Å². The van der Waals surface area contributed by atoms with E-state index < -0.39 is 11.9 Å². The van der Waals surface area contributed by atoms with Crippen molar-refractivity contribution in [1.29, 1.82) is 0 Å². The van der Waals surface area contributed by atoms with Gasteiger partial charge >= 0.3 is 0 Å². The van der Waals surface area contributed by atoms with Crippen molar-refractivity contribution in [2.75, 3.05) is 13.2 Å². The molecule has 0 amide bonds. The molecule has 1 atom stereocenters. The van der Waals surface area contributed by atoms with Crippen LogP contribution in [0.25, 0.3) is 0 Å². The molecule has 1 aromatic rings. The van der Waals surface area contributed by atoms with Crippen molar-refractivity contribution in [2.24, 2.45) is 5.73 Å². The van der Waals surface area contributed by atoms with Gasteiger partial charge in [0, 0.05) is 11.1 Å². The topological polar surface area (TPSA) is 55.5 Å². The second kappa shape index (κ2) is 5.14. The summed E-state index contributed by atoms with van der Waals surface area (Å²) >= 11 is 5.64. The molecule has 0 aromatic heterocycles. The molecule has 78 valence electrons. The van der Waals surface area contributed by atoms with Gasteiger partial charge in [-0.05, 0) is 12.1 Å². The van der Waals surface area contributed by atoms with Crippen LogP contribution < -0.4 is 10.5 Å². The van der Waals surface area contributed by atoms with Crippen molar-refractivity contribution in [1.82, 2.24) is 0 Å². The van der Waals surface area contributed by atoms with Crippen LogP contribution in [-0.4, -0.2) is 24.4 Å². The normalized spacial score (nSPS) is 12.6. The highest BCUT2D eigenvalue weighted by molar-refractivity contribution is 6.30. The third-order valence-corrected chi connectivity index (χ3v) is 1.82. The van der Waals surface area contributed by atoms with Crippen LogP contribution in [0, 0.1) is 5.82 Å². The number of hydrogen-bond donors (Lipinski definition) is 2. The van der Waals surface area contributed by atoms with Crippen LogP contribution in [0.1, 0.15) is 0 Å². The molecule has 0 fully saturated rings. The number of ether oxygens (including phenoxy) is 1. The molecule has 14 heavy (non-hydrogen) atoms. The summed E-state index contributed by atoms with van der Waals surface area (Å²) in [6.07, 6.45) is 0. The second-order valence-corrected chi connectivity index (χ2v) is 3.26. The minimum Gasteiger partial charge on any atom is -0.489 e. The third kappa shape index (κ3) is 3.14. The van der Waals surface area contributed by atoms with Gasteiger partial charge in [-0.2, -0.15) is 0 Å². The standard InChI is InChI=1S/C9H11ClFNO2/c10-6-1-2-8(11)9(3-6)14-5-7(12)4-13/h1-3,7,13H,4-5,12H2. The van der Waals surface area contributed by atoms with Crippen molar-refractivity contribution in [3.05, 3.63) is 29.0 Å². The first-order chi connectivity index (χ1) is 6.63. The lowest BCUT2D eigenvalue weighted by Gasteiger charge is -2.11. The Kier molecular flexibility index (Phi) is 4.13. The summed E-state index contributed by atoms with van der Waals surface area (Å²) in [6, 6.07) is 3.48. The van der Waals surface area contributed by atoms with E-state index in [1.165, 1.54) is 18.2 Å². The number of rotatable bonds is 4. The fourth-order valence-corrected chi connectivity index (χ4v) is 0.999. The molecule has 0 radical (unpaired) electrons. The zero-order valence-corrected chi connectivity index (χ0v) is 8.17. The van der Waals surface area contributed by atoms with Gasteiger partial charge in [-0.15, -0.1) is 0 Å². The van der Waals surface area contributed by atoms with E-state index in [2.05, 4.69) is 0 Å². The van der Waals surface area contributed by atoms with Crippen LogP contribution in [-0.2, 0) is 0 Å². The minimum atomic E-state index is -0.520. The second-order valence-electron chi connectivity index (χ2n) is 2.83. The highest BCUT2D eigenvalue weighted by atomic mass is 35.5. The van der Waals surface area contributed by atoms with E-state index in [0.717, 1.165) is 0 Å². The molecule has 0 spiro atoms. The lowest BCUT2D eigenvalue weighted by atomic mass is 10.3. The Labute approximate surface area is 86.2 Å². The predicted octanol–water partition coefficient (Wildman–Crippen LogP) is 1.18. The number of hydrogen-bond acceptors (Lipinski definition) is 3. The number of aliphatic hydroxyl groups excluding tert-OH is 1. The average molecular weight is 220 g/mol. The lowest BCUT2D eigenvalue weighted by Crippen LogP contribution is -2.31. The van der Waals surface area contributed by atoms with Gasteiger partial charge in [-0.1, -0.05) is 11.6 Å². The Bertz CT molecular complexity index is 309. The first-order valence-electron chi connectivity index (χ1n) is 4.07. The molecule has 5 heteroatoms. The van der Waals surface area contributed by atoms with Gasteiger partial charge in [-0.25, -0.2) is 4.39 Å². The van der Waals surface area contributed by atoms with E-state index in [1.807, 2.05) is 0 Å². The highest BCUT2D eigenvalue weighted by Crippen LogP contribution is 2.21. The van der Waals surface area contributed by atoms with E-state index in [4.69, 9.17) is 27.2 Å². The quantitative estimate of drug-likeness (QED) is 0.800. The monoisotopic (exact) mass is 219 g/mol. The number of nitrogens with two attached hydrogens (primary N) is 1. The Morgan fingerprint density at radius 3 is 2.93 bits per heavy atom. The minimum absolute atomic E-state index is 0.0430. The van der Waals surface area contributed by atoms with Gasteiger partial charge < -0.3 is 15.6 Å². The third-order valence-electron chi connectivity index (χ3n) is 1.58. The van der Waals surface area contributed by atoms with Gasteiger partial charge in [0.05, 0.1) is 12.6 Å². The number of aliphatic hydroxyl groups is 1. The van der Waals surface area contributed by atoms with Crippen molar-refractivity contribution >= 4 is 11.6 Å². The van der Waals surface area contributed by atoms with E-state index in [0.29, 0.717) is 5.02 Å². The van der Waals surface area contributed by atoms with Gasteiger partial charge in [0.15, 0.2) is 11.6 Å². The molecule has 3 N–H and O–H groups in total. The fraction of sp³-hybridized carbons (Fsp3) is 0.333. The maximum Gasteiger partial charge on any atom is 0.165 e. The first kappa shape index (κ1) is 11.2. The Morgan fingerprint density at radius 2 is 2.29 bits per heavy atom. The van der Waals surface area contributed by atoms with E-state index in [1.54, 1.807) is 0 Å². The van der Waals surface area contributed by atoms with Crippen molar-refractivity contribution < 1.29 is 14.2 Å². The number of benzene rings is 1. The highest BCUT2D eigenvalue weighted by Gasteiger charge is 2.06. The molecule has 0 aliphatic heterocycles. The smallest absolute Gasteiger partial charge is 0.165 e. The predicted molar refractivity (Wildman–Crippen MR) is 52.0 cm³/mol. The van der Waals surface area contributed by atoms with Crippen molar-refractivity contribution in [3.8, 4) is 5.75 Å². The maximum absolute atomic E-state index is 13.0. The lowest BCUT2D eigenvalue weighted by molar-refractivity contribution is 0.202. The van der Waals surface area contributed by atoms with E-state index in [-0.39, 0.29) is 19.0 Å². The van der Waals surface area contributed by atoms with Crippen LogP contribution in [0.4, 0.5) is 4.39 Å². The SMILES string of the molecule is NC(CO)COc1cc(Cl)ccc1F. The largest absolute Gasteiger partial charge is 0.489 e. The molecule has 0 aliphatic rings. The van der Waals surface area contributed by atoms with Gasteiger partial charge in [0.25, 0.3) is 0 Å². The van der Waals surface area contributed by atoms with Crippen LogP contribution in [0.5, 0.6) is 5.75 Å². The van der Waals surface area contributed by atoms with Gasteiger partial charge in [0.2, 0.25) is 0 Å². The molecule has 1 aromatic carbocycles. The summed E-state index contributed by atoms with van der Waals surface area (Å²) in [5.74, 6) is -0.457. The first-order valence-corrected chi connectivity index (χ1v) is 4.45. The van der Waals surface area contributed by atoms with Gasteiger partial charge in [0.1, 0.15) is 6.61 Å². The zero-order chi connectivity index (χ0) is 10.6. The van der Waals surface area contributed by atoms with Crippen LogP contribution in [0.15, 0.2) is 18.2 Å². The van der Waals surface area contributed by atoms with Crippen LogP contribution in [0.2, 0.25) is 5.02 Å². The van der Waals surface area contributed by atoms with Gasteiger partial charge in [-0.3, -0.25) is 0 Å². The molecule has 0 aliphatic carbocycles. The molecule has 0 heterocycles. The Balaban J connectivity index is 2.62. The maximum atomic E-state index is 13.0. The molecular formula is C9H11ClFNO2. The summed E-state index contributed by atoms with van der Waals surface area (Å²) in [6.45, 7) is -0.157. The van der Waals surface area contributed by atoms with Crippen LogP contribution >= 0.6 is 11.6 Å². The Hall–Kier alpha value is -0.840. The molecule has 0 saturated heterocycles. The zero-order valence-electron chi connectivity index (χ0n) is 7.41. The van der Waals surface area contributed by atoms with E-state index >= 15 is 0 Å². The molecule has 1 rings (SSSR count). The molecular weight excluding hydrogens is 209 g/mol. The molecule has 0 saturated carbocycles. The molecule has 1 unspecified atom stereocenters. The molecule has 3 nitrogen and oxygen atoms in total. The fourth-order valence-electron chi connectivity index (χ4n) is 0.837. The molecule has 0 bridgehead atoms. The summed E-state index contributed by atoms with van der Waals surface area (Å²) in [4.78, 5) is 0. The average Bonchev–Trinajstić information content (AvgIpc) is 2.19. The summed E-state index contributed by atoms with van der Waals surface area (Å²) in [5, 5.41) is 9.00. The summed E-state index contributed by atoms with van der Waals surface area (Å²) in [7, 11) is 0. The Morgan fingerprint density at radius 1 is 1.57 bits per heavy atom. The van der Waals surface area contributed by atoms with E-state index in [9.17, 15) is 4.39 Å². The summed E-state index contributed by atoms with van der Waals surface area (Å²) in [5.41, 5.74) is 5.38. The van der Waals surface area contributed by atoms with Crippen molar-refractivity contribution in [3.63, 3.8) is 0 Å². The summed E-state index contributed by atoms with van der Waals surface area (Å²) < 4.78 is 18.1. The number of halogens is 2. The van der Waals surface area contributed by atoms with Crippen LogP contribution in [0.3, 0.4) is 0 Å².